The van der Waals surface area contributed by atoms with Crippen LogP contribution >= 0.6 is 0 Å². The van der Waals surface area contributed by atoms with Crippen molar-refractivity contribution in [2.75, 3.05) is 0 Å². The molecule has 0 saturated heterocycles. The third-order valence-electron chi connectivity index (χ3n) is 4.89. The summed E-state index contributed by atoms with van der Waals surface area (Å²) < 4.78 is 0. The van der Waals surface area contributed by atoms with E-state index in [0.717, 1.165) is 12.8 Å². The molecule has 0 radical (unpaired) electrons. The van der Waals surface area contributed by atoms with E-state index in [1.165, 1.54) is 43.8 Å². The van der Waals surface area contributed by atoms with E-state index in [1.54, 1.807) is 0 Å². The molecule has 0 aliphatic carbocycles. The van der Waals surface area contributed by atoms with Gasteiger partial charge in [0.25, 0.3) is 0 Å². The van der Waals surface area contributed by atoms with Crippen molar-refractivity contribution >= 4 is 21.5 Å². The molecule has 0 saturated carbocycles. The van der Waals surface area contributed by atoms with Crippen molar-refractivity contribution in [3.63, 3.8) is 0 Å². The van der Waals surface area contributed by atoms with Gasteiger partial charge < -0.3 is 0 Å². The molecule has 0 heterocycles. The Balaban J connectivity index is 0.00000104. The summed E-state index contributed by atoms with van der Waals surface area (Å²) in [5, 5.41) is 5.60. The largest absolute Gasteiger partial charge is 1.00 e. The Kier molecular flexibility index (Phi) is 6.25. The van der Waals surface area contributed by atoms with E-state index < -0.39 is 0 Å². The molecule has 110 valence electrons. The van der Waals surface area contributed by atoms with Gasteiger partial charge in [0.15, 0.2) is 0 Å². The molecule has 24 heavy (non-hydrogen) atoms. The molecule has 2 heteroatoms. The minimum absolute atomic E-state index is 0. The first-order chi connectivity index (χ1) is 10.7. The zero-order valence-electron chi connectivity index (χ0n) is 15.2. The fourth-order valence-electron chi connectivity index (χ4n) is 3.77. The molecular weight excluding hydrogens is 278 g/mol. The number of aryl methyl sites for hydroxylation is 4. The van der Waals surface area contributed by atoms with Gasteiger partial charge in [-0.15, -0.1) is 81.2 Å². The number of fused-ring (bicyclic) bond motifs is 2. The van der Waals surface area contributed by atoms with Crippen LogP contribution in [0.25, 0.3) is 21.5 Å². The van der Waals surface area contributed by atoms with Gasteiger partial charge in [0.2, 0.25) is 0 Å². The summed E-state index contributed by atoms with van der Waals surface area (Å²) in [7, 11) is 0. The van der Waals surface area contributed by atoms with Crippen LogP contribution in [0.4, 0.5) is 0 Å². The quantitative estimate of drug-likeness (QED) is 0.364. The van der Waals surface area contributed by atoms with Crippen LogP contribution < -0.4 is 37.7 Å². The van der Waals surface area contributed by atoms with Crippen LogP contribution in [-0.2, 0) is 12.8 Å². The Morgan fingerprint density at radius 1 is 0.625 bits per heavy atom. The number of rotatable bonds is 3. The average Bonchev–Trinajstić information content (AvgIpc) is 3.01. The molecule has 0 fully saturated rings. The van der Waals surface area contributed by atoms with E-state index in [4.69, 9.17) is 0 Å². The Morgan fingerprint density at radius 3 is 1.42 bits per heavy atom. The summed E-state index contributed by atoms with van der Waals surface area (Å²) in [5.41, 5.74) is 5.88. The van der Waals surface area contributed by atoms with Gasteiger partial charge in [-0.2, -0.15) is 11.1 Å². The first-order valence-corrected chi connectivity index (χ1v) is 8.02. The summed E-state index contributed by atoms with van der Waals surface area (Å²) >= 11 is 0. The predicted octanol–water partition coefficient (Wildman–Crippen LogP) is -0.159. The molecule has 4 aromatic carbocycles. The maximum absolute atomic E-state index is 2.32. The van der Waals surface area contributed by atoms with Crippen LogP contribution in [-0.4, -0.2) is 0 Å². The molecular formula is C22H20Li2. The van der Waals surface area contributed by atoms with Crippen LogP contribution in [0.1, 0.15) is 22.3 Å². The zero-order valence-corrected chi connectivity index (χ0v) is 15.2. The topological polar surface area (TPSA) is 0 Å². The van der Waals surface area contributed by atoms with Crippen LogP contribution in [0.5, 0.6) is 0 Å². The molecule has 0 amide bonds. The molecule has 0 aromatic heterocycles. The van der Waals surface area contributed by atoms with Crippen LogP contribution in [0, 0.1) is 13.8 Å². The number of hydrogen-bond acceptors (Lipinski definition) is 0. The molecule has 0 spiro atoms. The van der Waals surface area contributed by atoms with Crippen LogP contribution in [0.15, 0.2) is 60.7 Å². The van der Waals surface area contributed by atoms with Crippen molar-refractivity contribution in [3.8, 4) is 0 Å². The van der Waals surface area contributed by atoms with Crippen LogP contribution in [0.2, 0.25) is 0 Å². The molecule has 0 N–H and O–H groups in total. The second-order valence-corrected chi connectivity index (χ2v) is 6.29. The Morgan fingerprint density at radius 2 is 1.00 bits per heavy atom. The summed E-state index contributed by atoms with van der Waals surface area (Å²) in [4.78, 5) is 0. The van der Waals surface area contributed by atoms with E-state index >= 15 is 0 Å². The van der Waals surface area contributed by atoms with Crippen molar-refractivity contribution in [2.24, 2.45) is 0 Å². The van der Waals surface area contributed by atoms with Crippen molar-refractivity contribution in [2.45, 2.75) is 26.7 Å². The Bertz CT molecular complexity index is 877. The van der Waals surface area contributed by atoms with Gasteiger partial charge in [-0.25, -0.2) is 0 Å². The summed E-state index contributed by atoms with van der Waals surface area (Å²) in [5.74, 6) is 0. The zero-order chi connectivity index (χ0) is 15.1. The van der Waals surface area contributed by atoms with Gasteiger partial charge >= 0.3 is 37.7 Å². The van der Waals surface area contributed by atoms with Gasteiger partial charge in [0.05, 0.1) is 0 Å². The van der Waals surface area contributed by atoms with Crippen LogP contribution in [0.3, 0.4) is 0 Å². The SMILES string of the molecule is Cc1[cH-]c2ccccc2c1CCc1c(C)[cH-]c2ccccc12.[Li+].[Li+]. The number of benzene rings is 2. The minimum atomic E-state index is 0. The van der Waals surface area contributed by atoms with Crippen molar-refractivity contribution in [3.05, 3.63) is 82.9 Å². The average molecular weight is 298 g/mol. The first-order valence-electron chi connectivity index (χ1n) is 8.02. The molecule has 0 bridgehead atoms. The van der Waals surface area contributed by atoms with Crippen molar-refractivity contribution in [1.29, 1.82) is 0 Å². The fraction of sp³-hybridized carbons (Fsp3) is 0.182. The first kappa shape index (κ1) is 19.2. The fourth-order valence-corrected chi connectivity index (χ4v) is 3.77. The molecule has 0 nitrogen and oxygen atoms in total. The smallest absolute Gasteiger partial charge is 0.151 e. The van der Waals surface area contributed by atoms with Crippen molar-refractivity contribution < 1.29 is 37.7 Å². The normalized spacial score (nSPS) is 10.6. The van der Waals surface area contributed by atoms with E-state index in [0.29, 0.717) is 0 Å². The van der Waals surface area contributed by atoms with E-state index in [1.807, 2.05) is 0 Å². The molecule has 0 aliphatic heterocycles. The maximum Gasteiger partial charge on any atom is 1.00 e. The van der Waals surface area contributed by atoms with Crippen molar-refractivity contribution in [1.82, 2.24) is 0 Å². The Hall–Kier alpha value is -1.15. The van der Waals surface area contributed by atoms with Gasteiger partial charge in [0.1, 0.15) is 0 Å². The molecule has 0 atom stereocenters. The van der Waals surface area contributed by atoms with Gasteiger partial charge in [-0.05, 0) is 0 Å². The second-order valence-electron chi connectivity index (χ2n) is 6.29. The van der Waals surface area contributed by atoms with Gasteiger partial charge in [0, 0.05) is 0 Å². The summed E-state index contributed by atoms with van der Waals surface area (Å²) in [6.45, 7) is 4.48. The number of hydrogen-bond donors (Lipinski definition) is 0. The monoisotopic (exact) mass is 298 g/mol. The molecule has 4 aromatic rings. The third kappa shape index (κ3) is 3.31. The summed E-state index contributed by atoms with van der Waals surface area (Å²) in [6.07, 6.45) is 2.24. The second kappa shape index (κ2) is 7.82. The predicted molar refractivity (Wildman–Crippen MR) is 96.0 cm³/mol. The summed E-state index contributed by atoms with van der Waals surface area (Å²) in [6, 6.07) is 22.1. The van der Waals surface area contributed by atoms with E-state index in [9.17, 15) is 0 Å². The van der Waals surface area contributed by atoms with Gasteiger partial charge in [-0.1, -0.05) is 38.8 Å². The molecule has 4 rings (SSSR count). The standard InChI is InChI=1S/C22H20.2Li/c1-15-13-17-7-3-5-9-21(17)19(15)11-12-20-16(2)14-18-8-4-6-10-22(18)20;;/h3-10,13-14H,11-12H2,1-2H3;;/q-2;2*+1. The Labute approximate surface area is 168 Å². The maximum atomic E-state index is 2.32. The van der Waals surface area contributed by atoms with Gasteiger partial charge in [-0.3, -0.25) is 0 Å². The molecule has 0 unspecified atom stereocenters. The minimum Gasteiger partial charge on any atom is -0.151 e. The molecule has 0 aliphatic rings. The van der Waals surface area contributed by atoms with E-state index in [-0.39, 0.29) is 37.7 Å². The van der Waals surface area contributed by atoms with E-state index in [2.05, 4.69) is 74.5 Å². The third-order valence-corrected chi connectivity index (χ3v) is 4.89.